The number of pyridine rings is 1. The van der Waals surface area contributed by atoms with Gasteiger partial charge in [-0.3, -0.25) is 0 Å². The molecule has 2 rings (SSSR count). The number of hydrogen-bond donors (Lipinski definition) is 1. The van der Waals surface area contributed by atoms with Crippen molar-refractivity contribution in [2.24, 2.45) is 5.92 Å². The van der Waals surface area contributed by atoms with E-state index in [9.17, 15) is 5.11 Å². The minimum Gasteiger partial charge on any atom is -0.487 e. The molecule has 1 N–H and O–H groups in total. The van der Waals surface area contributed by atoms with Gasteiger partial charge in [0, 0.05) is 19.3 Å². The monoisotopic (exact) mass is 250 g/mol. The predicted molar refractivity (Wildman–Crippen MR) is 72.0 cm³/mol. The van der Waals surface area contributed by atoms with E-state index in [0.717, 1.165) is 31.1 Å². The Labute approximate surface area is 109 Å². The second-order valence-electron chi connectivity index (χ2n) is 5.27. The van der Waals surface area contributed by atoms with Gasteiger partial charge in [-0.05, 0) is 38.3 Å². The highest BCUT2D eigenvalue weighted by Gasteiger charge is 2.26. The second-order valence-corrected chi connectivity index (χ2v) is 5.27. The molecule has 0 saturated carbocycles. The maximum absolute atomic E-state index is 9.78. The van der Waals surface area contributed by atoms with E-state index < -0.39 is 0 Å². The van der Waals surface area contributed by atoms with E-state index in [1.54, 1.807) is 6.20 Å². The Balaban J connectivity index is 2.17. The maximum Gasteiger partial charge on any atom is 0.171 e. The molecule has 2 atom stereocenters. The van der Waals surface area contributed by atoms with Gasteiger partial charge >= 0.3 is 0 Å². The summed E-state index contributed by atoms with van der Waals surface area (Å²) in [5, 5.41) is 9.78. The van der Waals surface area contributed by atoms with Crippen LogP contribution in [0.15, 0.2) is 18.3 Å². The van der Waals surface area contributed by atoms with Crippen LogP contribution in [0.25, 0.3) is 0 Å². The molecule has 0 spiro atoms. The molecule has 1 aliphatic rings. The largest absolute Gasteiger partial charge is 0.487 e. The summed E-state index contributed by atoms with van der Waals surface area (Å²) in [4.78, 5) is 6.64. The number of aromatic nitrogens is 1. The first-order chi connectivity index (χ1) is 8.58. The van der Waals surface area contributed by atoms with Gasteiger partial charge in [-0.25, -0.2) is 4.98 Å². The van der Waals surface area contributed by atoms with Crippen molar-refractivity contribution >= 4 is 5.82 Å². The molecule has 0 bridgehead atoms. The van der Waals surface area contributed by atoms with Crippen LogP contribution in [0.4, 0.5) is 5.82 Å². The van der Waals surface area contributed by atoms with Gasteiger partial charge in [0.15, 0.2) is 11.6 Å². The number of aliphatic hydroxyl groups excluding tert-OH is 1. The maximum atomic E-state index is 9.78. The van der Waals surface area contributed by atoms with Crippen molar-refractivity contribution < 1.29 is 9.84 Å². The third-order valence-electron chi connectivity index (χ3n) is 3.27. The Kier molecular flexibility index (Phi) is 4.07. The van der Waals surface area contributed by atoms with Crippen molar-refractivity contribution in [2.45, 2.75) is 39.4 Å². The Morgan fingerprint density at radius 2 is 2.28 bits per heavy atom. The Morgan fingerprint density at radius 1 is 1.50 bits per heavy atom. The lowest BCUT2D eigenvalue weighted by atomic mass is 9.97. The normalized spacial score (nSPS) is 24.4. The zero-order valence-corrected chi connectivity index (χ0v) is 11.3. The number of anilines is 1. The highest BCUT2D eigenvalue weighted by atomic mass is 16.5. The van der Waals surface area contributed by atoms with Crippen molar-refractivity contribution in [3.8, 4) is 5.75 Å². The number of aliphatic hydroxyl groups is 1. The molecule has 2 heterocycles. The number of ether oxygens (including phenoxy) is 1. The first-order valence-corrected chi connectivity index (χ1v) is 6.62. The summed E-state index contributed by atoms with van der Waals surface area (Å²) in [6.45, 7) is 7.76. The van der Waals surface area contributed by atoms with E-state index in [-0.39, 0.29) is 18.1 Å². The minimum absolute atomic E-state index is 0.140. The highest BCUT2D eigenvalue weighted by molar-refractivity contribution is 5.52. The third kappa shape index (κ3) is 2.93. The molecule has 100 valence electrons. The van der Waals surface area contributed by atoms with Crippen LogP contribution in [-0.2, 0) is 0 Å². The highest BCUT2D eigenvalue weighted by Crippen LogP contribution is 2.30. The fourth-order valence-electron chi connectivity index (χ4n) is 2.29. The fourth-order valence-corrected chi connectivity index (χ4v) is 2.29. The molecular formula is C14H22N2O2. The standard InChI is InChI=1S/C14H22N2O2/c1-10(2)18-13-5-4-7-15-14(13)16-8-6-12(17)11(3)9-16/h4-5,7,10-12,17H,6,8-9H2,1-3H3. The lowest BCUT2D eigenvalue weighted by molar-refractivity contribution is 0.0965. The van der Waals surface area contributed by atoms with Crippen LogP contribution < -0.4 is 9.64 Å². The fraction of sp³-hybridized carbons (Fsp3) is 0.643. The molecule has 1 aromatic heterocycles. The van der Waals surface area contributed by atoms with E-state index >= 15 is 0 Å². The van der Waals surface area contributed by atoms with Crippen molar-refractivity contribution in [1.29, 1.82) is 0 Å². The topological polar surface area (TPSA) is 45.6 Å². The van der Waals surface area contributed by atoms with Gasteiger partial charge in [0.2, 0.25) is 0 Å². The van der Waals surface area contributed by atoms with E-state index in [1.165, 1.54) is 0 Å². The zero-order valence-electron chi connectivity index (χ0n) is 11.3. The lowest BCUT2D eigenvalue weighted by Gasteiger charge is -2.35. The van der Waals surface area contributed by atoms with Gasteiger partial charge in [-0.1, -0.05) is 6.92 Å². The summed E-state index contributed by atoms with van der Waals surface area (Å²) >= 11 is 0. The summed E-state index contributed by atoms with van der Waals surface area (Å²) in [5.41, 5.74) is 0. The molecule has 2 unspecified atom stereocenters. The molecule has 0 aliphatic carbocycles. The SMILES string of the molecule is CC(C)Oc1cccnc1N1CCC(O)C(C)C1. The van der Waals surface area contributed by atoms with E-state index in [0.29, 0.717) is 0 Å². The average Bonchev–Trinajstić information content (AvgIpc) is 2.33. The van der Waals surface area contributed by atoms with E-state index in [4.69, 9.17) is 4.74 Å². The Bertz CT molecular complexity index is 395. The summed E-state index contributed by atoms with van der Waals surface area (Å²) in [7, 11) is 0. The molecule has 4 heteroatoms. The molecule has 4 nitrogen and oxygen atoms in total. The van der Waals surface area contributed by atoms with Crippen molar-refractivity contribution in [3.63, 3.8) is 0 Å². The van der Waals surface area contributed by atoms with Crippen LogP contribution in [0, 0.1) is 5.92 Å². The zero-order chi connectivity index (χ0) is 13.1. The third-order valence-corrected chi connectivity index (χ3v) is 3.27. The number of hydrogen-bond acceptors (Lipinski definition) is 4. The van der Waals surface area contributed by atoms with Crippen LogP contribution >= 0.6 is 0 Å². The number of nitrogens with zero attached hydrogens (tertiary/aromatic N) is 2. The lowest BCUT2D eigenvalue weighted by Crippen LogP contribution is -2.42. The van der Waals surface area contributed by atoms with E-state index in [2.05, 4.69) is 16.8 Å². The molecule has 0 aromatic carbocycles. The van der Waals surface area contributed by atoms with Gasteiger partial charge in [0.1, 0.15) is 0 Å². The Morgan fingerprint density at radius 3 is 2.94 bits per heavy atom. The van der Waals surface area contributed by atoms with Gasteiger partial charge < -0.3 is 14.7 Å². The van der Waals surface area contributed by atoms with Gasteiger partial charge in [-0.2, -0.15) is 0 Å². The van der Waals surface area contributed by atoms with Crippen LogP contribution in [0.5, 0.6) is 5.75 Å². The first-order valence-electron chi connectivity index (χ1n) is 6.62. The summed E-state index contributed by atoms with van der Waals surface area (Å²) in [6.07, 6.45) is 2.53. The molecular weight excluding hydrogens is 228 g/mol. The summed E-state index contributed by atoms with van der Waals surface area (Å²) in [6, 6.07) is 3.85. The van der Waals surface area contributed by atoms with Crippen molar-refractivity contribution in [2.75, 3.05) is 18.0 Å². The molecule has 0 amide bonds. The number of rotatable bonds is 3. The number of piperidine rings is 1. The Hall–Kier alpha value is -1.29. The molecule has 18 heavy (non-hydrogen) atoms. The van der Waals surface area contributed by atoms with Gasteiger partial charge in [0.25, 0.3) is 0 Å². The summed E-state index contributed by atoms with van der Waals surface area (Å²) in [5.74, 6) is 1.99. The molecule has 1 aliphatic heterocycles. The summed E-state index contributed by atoms with van der Waals surface area (Å²) < 4.78 is 5.79. The van der Waals surface area contributed by atoms with Crippen LogP contribution in [0.1, 0.15) is 27.2 Å². The average molecular weight is 250 g/mol. The molecule has 1 saturated heterocycles. The van der Waals surface area contributed by atoms with Gasteiger partial charge in [0.05, 0.1) is 12.2 Å². The molecule has 1 fully saturated rings. The minimum atomic E-state index is -0.195. The van der Waals surface area contributed by atoms with E-state index in [1.807, 2.05) is 26.0 Å². The molecule has 1 aromatic rings. The predicted octanol–water partition coefficient (Wildman–Crippen LogP) is 2.08. The quantitative estimate of drug-likeness (QED) is 0.892. The van der Waals surface area contributed by atoms with Crippen LogP contribution in [0.2, 0.25) is 0 Å². The van der Waals surface area contributed by atoms with Gasteiger partial charge in [-0.15, -0.1) is 0 Å². The smallest absolute Gasteiger partial charge is 0.171 e. The second kappa shape index (κ2) is 5.57. The van der Waals surface area contributed by atoms with Crippen LogP contribution in [-0.4, -0.2) is 35.4 Å². The van der Waals surface area contributed by atoms with Crippen molar-refractivity contribution in [1.82, 2.24) is 4.98 Å². The van der Waals surface area contributed by atoms with Crippen LogP contribution in [0.3, 0.4) is 0 Å². The first kappa shape index (κ1) is 13.1. The van der Waals surface area contributed by atoms with Crippen molar-refractivity contribution in [3.05, 3.63) is 18.3 Å². The molecule has 0 radical (unpaired) electrons.